The van der Waals surface area contributed by atoms with Crippen LogP contribution in [0.2, 0.25) is 0 Å². The highest BCUT2D eigenvalue weighted by atomic mass is 32.1. The van der Waals surface area contributed by atoms with Gasteiger partial charge < -0.3 is 15.4 Å². The first-order chi connectivity index (χ1) is 11.2. The first kappa shape index (κ1) is 15.5. The van der Waals surface area contributed by atoms with E-state index >= 15 is 0 Å². The Morgan fingerprint density at radius 3 is 2.65 bits per heavy atom. The van der Waals surface area contributed by atoms with E-state index in [9.17, 15) is 4.79 Å². The maximum atomic E-state index is 11.7. The monoisotopic (exact) mass is 326 g/mol. The molecule has 118 valence electrons. The molecule has 4 nitrogen and oxygen atoms in total. The molecule has 3 rings (SSSR count). The Bertz CT molecular complexity index is 699. The molecular weight excluding hydrogens is 308 g/mol. The van der Waals surface area contributed by atoms with Crippen molar-refractivity contribution in [3.05, 3.63) is 60.2 Å². The van der Waals surface area contributed by atoms with Gasteiger partial charge in [0.1, 0.15) is 12.4 Å². The molecular formula is C18H18N2O2S. The Balaban J connectivity index is 1.54. The molecule has 0 aliphatic heterocycles. The Morgan fingerprint density at radius 2 is 1.91 bits per heavy atom. The van der Waals surface area contributed by atoms with E-state index in [1.165, 1.54) is 0 Å². The number of benzene rings is 2. The van der Waals surface area contributed by atoms with E-state index in [1.807, 2.05) is 54.6 Å². The van der Waals surface area contributed by atoms with E-state index in [-0.39, 0.29) is 11.8 Å². The van der Waals surface area contributed by atoms with E-state index in [1.54, 1.807) is 0 Å². The lowest BCUT2D eigenvalue weighted by molar-refractivity contribution is -0.120. The third kappa shape index (κ3) is 4.79. The van der Waals surface area contributed by atoms with Crippen LogP contribution in [-0.4, -0.2) is 11.0 Å². The van der Waals surface area contributed by atoms with Crippen molar-refractivity contribution in [3.63, 3.8) is 0 Å². The van der Waals surface area contributed by atoms with E-state index in [2.05, 4.69) is 10.6 Å². The number of amides is 1. The Hall–Kier alpha value is -2.40. The molecule has 1 fully saturated rings. The van der Waals surface area contributed by atoms with Crippen LogP contribution in [0, 0.1) is 5.92 Å². The summed E-state index contributed by atoms with van der Waals surface area (Å²) in [5.41, 5.74) is 1.90. The van der Waals surface area contributed by atoms with Crippen LogP contribution in [0.5, 0.6) is 5.75 Å². The average Bonchev–Trinajstić information content (AvgIpc) is 3.39. The topological polar surface area (TPSA) is 50.4 Å². The zero-order valence-corrected chi connectivity index (χ0v) is 13.4. The van der Waals surface area contributed by atoms with Gasteiger partial charge in [-0.15, -0.1) is 0 Å². The van der Waals surface area contributed by atoms with Crippen molar-refractivity contribution in [2.75, 3.05) is 5.32 Å². The maximum Gasteiger partial charge on any atom is 0.229 e. The Labute approximate surface area is 140 Å². The zero-order chi connectivity index (χ0) is 16.1. The van der Waals surface area contributed by atoms with Crippen LogP contribution in [0.4, 0.5) is 5.69 Å². The van der Waals surface area contributed by atoms with Gasteiger partial charge in [-0.25, -0.2) is 0 Å². The summed E-state index contributed by atoms with van der Waals surface area (Å²) in [6, 6.07) is 17.5. The highest BCUT2D eigenvalue weighted by Gasteiger charge is 2.29. The van der Waals surface area contributed by atoms with Crippen molar-refractivity contribution in [1.82, 2.24) is 5.32 Å². The molecule has 2 N–H and O–H groups in total. The van der Waals surface area contributed by atoms with Crippen molar-refractivity contribution >= 4 is 28.9 Å². The van der Waals surface area contributed by atoms with Crippen LogP contribution in [0.15, 0.2) is 54.6 Å². The van der Waals surface area contributed by atoms with Gasteiger partial charge in [-0.3, -0.25) is 4.79 Å². The predicted molar refractivity (Wildman–Crippen MR) is 94.3 cm³/mol. The summed E-state index contributed by atoms with van der Waals surface area (Å²) in [5.74, 6) is 0.879. The normalized spacial score (nSPS) is 13.2. The summed E-state index contributed by atoms with van der Waals surface area (Å²) in [4.78, 5) is 11.7. The number of hydrogen-bond acceptors (Lipinski definition) is 3. The van der Waals surface area contributed by atoms with Gasteiger partial charge in [0.2, 0.25) is 5.91 Å². The summed E-state index contributed by atoms with van der Waals surface area (Å²) in [7, 11) is 0. The molecule has 1 aliphatic carbocycles. The number of carbonyl (C=O) groups excluding carboxylic acids is 1. The molecule has 1 aliphatic rings. The molecule has 0 atom stereocenters. The molecule has 0 aromatic heterocycles. The number of nitrogens with one attached hydrogen (secondary N) is 2. The van der Waals surface area contributed by atoms with Crippen molar-refractivity contribution in [1.29, 1.82) is 0 Å². The molecule has 5 heteroatoms. The molecule has 2 aromatic rings. The van der Waals surface area contributed by atoms with Crippen LogP contribution >= 0.6 is 12.2 Å². The summed E-state index contributed by atoms with van der Waals surface area (Å²) in [5, 5.41) is 6.04. The number of hydrogen-bond donors (Lipinski definition) is 2. The fraction of sp³-hybridized carbons (Fsp3) is 0.222. The molecule has 1 saturated carbocycles. The van der Waals surface area contributed by atoms with Gasteiger partial charge in [0.05, 0.1) is 0 Å². The van der Waals surface area contributed by atoms with Crippen molar-refractivity contribution < 1.29 is 9.53 Å². The second-order valence-electron chi connectivity index (χ2n) is 5.52. The average molecular weight is 326 g/mol. The van der Waals surface area contributed by atoms with Crippen LogP contribution in [-0.2, 0) is 11.4 Å². The Morgan fingerprint density at radius 1 is 1.13 bits per heavy atom. The number of thiocarbonyl (C=S) groups is 1. The smallest absolute Gasteiger partial charge is 0.229 e. The highest BCUT2D eigenvalue weighted by Crippen LogP contribution is 2.28. The summed E-state index contributed by atoms with van der Waals surface area (Å²) in [6.07, 6.45) is 1.91. The third-order valence-corrected chi connectivity index (χ3v) is 3.73. The van der Waals surface area contributed by atoms with Crippen molar-refractivity contribution in [2.45, 2.75) is 19.4 Å². The molecule has 1 amide bonds. The van der Waals surface area contributed by atoms with Crippen molar-refractivity contribution in [2.24, 2.45) is 5.92 Å². The molecule has 0 saturated heterocycles. The van der Waals surface area contributed by atoms with E-state index in [0.717, 1.165) is 29.8 Å². The summed E-state index contributed by atoms with van der Waals surface area (Å²) in [6.45, 7) is 0.507. The first-order valence-electron chi connectivity index (χ1n) is 7.59. The lowest BCUT2D eigenvalue weighted by atomic mass is 10.2. The van der Waals surface area contributed by atoms with Gasteiger partial charge in [-0.2, -0.15) is 0 Å². The molecule has 0 heterocycles. The molecule has 0 radical (unpaired) electrons. The van der Waals surface area contributed by atoms with Crippen molar-refractivity contribution in [3.8, 4) is 5.75 Å². The fourth-order valence-electron chi connectivity index (χ4n) is 2.13. The third-order valence-electron chi connectivity index (χ3n) is 3.53. The number of rotatable bonds is 5. The minimum atomic E-state index is -0.000942. The van der Waals surface area contributed by atoms with E-state index in [4.69, 9.17) is 17.0 Å². The second-order valence-corrected chi connectivity index (χ2v) is 5.93. The fourth-order valence-corrected chi connectivity index (χ4v) is 2.34. The minimum Gasteiger partial charge on any atom is -0.489 e. The quantitative estimate of drug-likeness (QED) is 0.826. The van der Waals surface area contributed by atoms with E-state index < -0.39 is 0 Å². The summed E-state index contributed by atoms with van der Waals surface area (Å²) < 4.78 is 5.77. The van der Waals surface area contributed by atoms with Gasteiger partial charge in [0.15, 0.2) is 5.11 Å². The van der Waals surface area contributed by atoms with E-state index in [0.29, 0.717) is 11.7 Å². The zero-order valence-electron chi connectivity index (χ0n) is 12.6. The first-order valence-corrected chi connectivity index (χ1v) is 8.00. The predicted octanol–water partition coefficient (Wildman–Crippen LogP) is 3.49. The lowest BCUT2D eigenvalue weighted by Crippen LogP contribution is -2.35. The van der Waals surface area contributed by atoms with Gasteiger partial charge >= 0.3 is 0 Å². The maximum absolute atomic E-state index is 11.7. The van der Waals surface area contributed by atoms with Crippen LogP contribution < -0.4 is 15.4 Å². The molecule has 23 heavy (non-hydrogen) atoms. The van der Waals surface area contributed by atoms with Gasteiger partial charge in [-0.1, -0.05) is 36.4 Å². The van der Waals surface area contributed by atoms with Crippen LogP contribution in [0.25, 0.3) is 0 Å². The second kappa shape index (κ2) is 7.24. The van der Waals surface area contributed by atoms with Gasteiger partial charge in [0.25, 0.3) is 0 Å². The lowest BCUT2D eigenvalue weighted by Gasteiger charge is -2.11. The molecule has 0 bridgehead atoms. The molecule has 0 unspecified atom stereocenters. The number of anilines is 1. The van der Waals surface area contributed by atoms with Crippen LogP contribution in [0.1, 0.15) is 18.4 Å². The molecule has 0 spiro atoms. The van der Waals surface area contributed by atoms with Gasteiger partial charge in [0, 0.05) is 17.7 Å². The number of carbonyl (C=O) groups is 1. The van der Waals surface area contributed by atoms with Crippen LogP contribution in [0.3, 0.4) is 0 Å². The standard InChI is InChI=1S/C18H18N2O2S/c21-17(14-9-10-14)20-18(23)19-15-7-4-8-16(11-15)22-12-13-5-2-1-3-6-13/h1-8,11,14H,9-10,12H2,(H2,19,20,21,23). The van der Waals surface area contributed by atoms with Gasteiger partial charge in [-0.05, 0) is 42.8 Å². The Kier molecular flexibility index (Phi) is 4.88. The molecule has 2 aromatic carbocycles. The highest BCUT2D eigenvalue weighted by molar-refractivity contribution is 7.80. The SMILES string of the molecule is O=C(NC(=S)Nc1cccc(OCc2ccccc2)c1)C1CC1. The number of ether oxygens (including phenoxy) is 1. The summed E-state index contributed by atoms with van der Waals surface area (Å²) >= 11 is 5.16. The minimum absolute atomic E-state index is 0.000942. The largest absolute Gasteiger partial charge is 0.489 e.